The van der Waals surface area contributed by atoms with Crippen LogP contribution in [-0.2, 0) is 0 Å². The van der Waals surface area contributed by atoms with Gasteiger partial charge in [0.2, 0.25) is 0 Å². The van der Waals surface area contributed by atoms with Crippen molar-refractivity contribution in [1.29, 1.82) is 0 Å². The van der Waals surface area contributed by atoms with E-state index in [-0.39, 0.29) is 490 Å². The maximum Gasteiger partial charge on any atom is 1.00 e. The van der Waals surface area contributed by atoms with E-state index < -0.39 is 0 Å². The molecule has 0 aliphatic carbocycles. The predicted molar refractivity (Wildman–Crippen MR) is 415 cm³/mol. The van der Waals surface area contributed by atoms with Gasteiger partial charge in [0.1, 0.15) is 23.1 Å². The fourth-order valence-electron chi connectivity index (χ4n) is 5.95. The number of hydrogen-bond donors (Lipinski definition) is 0. The molecule has 512 valence electrons. The largest absolute Gasteiger partial charge is 1.00 e. The molecule has 0 saturated carbocycles. The van der Waals surface area contributed by atoms with Crippen molar-refractivity contribution in [3.8, 4) is 21.8 Å². The van der Waals surface area contributed by atoms with Crippen LogP contribution in [0.2, 0.25) is 0 Å². The van der Waals surface area contributed by atoms with Crippen LogP contribution < -0.4 is 465 Å². The molecule has 0 unspecified atom stereocenters. The van der Waals surface area contributed by atoms with Crippen molar-refractivity contribution < 1.29 is 465 Å². The quantitative estimate of drug-likeness (QED) is 0.150. The zero-order valence-electron chi connectivity index (χ0n) is 66.0. The summed E-state index contributed by atoms with van der Waals surface area (Å²) in [7, 11) is 7.41. The van der Waals surface area contributed by atoms with Crippen molar-refractivity contribution in [2.24, 2.45) is 40.4 Å². The molecule has 22 nitrogen and oxygen atoms in total. The third-order valence-electron chi connectivity index (χ3n) is 10.3. The summed E-state index contributed by atoms with van der Waals surface area (Å²) in [5.74, 6) is 4.26. The van der Waals surface area contributed by atoms with Gasteiger partial charge in [0.15, 0.2) is 0 Å². The van der Waals surface area contributed by atoms with Crippen LogP contribution in [0.5, 0.6) is 0 Å². The summed E-state index contributed by atoms with van der Waals surface area (Å²) in [6, 6.07) is 17.9. The Morgan fingerprint density at radius 2 is 0.706 bits per heavy atom. The second kappa shape index (κ2) is 83.5. The molecule has 0 aromatic carbocycles. The molecule has 12 heterocycles. The summed E-state index contributed by atoms with van der Waals surface area (Å²) in [6.07, 6.45) is 11.3. The Morgan fingerprint density at radius 1 is 0.363 bits per heavy atom. The van der Waals surface area contributed by atoms with Crippen LogP contribution in [0.3, 0.4) is 0 Å². The average molecular weight is 2070 g/mol. The number of amidine groups is 2. The van der Waals surface area contributed by atoms with E-state index in [0.717, 1.165) is 82.9 Å². The fourth-order valence-corrected chi connectivity index (χ4v) is 9.92. The Hall–Kier alpha value is 6.02. The molecule has 102 heavy (non-hydrogen) atoms. The molecule has 8 aromatic heterocycles. The van der Waals surface area contributed by atoms with Gasteiger partial charge in [0.25, 0.3) is 0 Å². The molecule has 0 atom stereocenters. The van der Waals surface area contributed by atoms with E-state index in [1.165, 1.54) is 0 Å². The first-order chi connectivity index (χ1) is 43.6. The van der Waals surface area contributed by atoms with Crippen LogP contribution in [0.15, 0.2) is 193 Å². The molecule has 0 amide bonds. The van der Waals surface area contributed by atoms with Gasteiger partial charge in [-0.15, -0.1) is 24.5 Å². The normalized spacial score (nSPS) is 11.5. The smallest absolute Gasteiger partial charge is 0.693 e. The van der Waals surface area contributed by atoms with Crippen molar-refractivity contribution in [1.82, 2.24) is 50.4 Å². The van der Waals surface area contributed by atoms with Crippen LogP contribution in [0.25, 0.3) is 46.4 Å². The molecule has 8 N–H and O–H groups in total. The van der Waals surface area contributed by atoms with E-state index in [4.69, 9.17) is 0 Å². The van der Waals surface area contributed by atoms with E-state index in [0.29, 0.717) is 29.0 Å². The Labute approximate surface area is 1030 Å². The molecule has 0 saturated heterocycles. The van der Waals surface area contributed by atoms with Crippen molar-refractivity contribution in [3.63, 3.8) is 0 Å². The number of aromatic nitrogens is 6. The second-order valence-corrected chi connectivity index (χ2v) is 21.2. The molecular weight excluding hydrogens is 1980 g/mol. The number of hydrazone groups is 4. The van der Waals surface area contributed by atoms with E-state index >= 15 is 0 Å². The van der Waals surface area contributed by atoms with Gasteiger partial charge in [-0.2, -0.15) is 54.4 Å². The molecule has 4 aliphatic heterocycles. The van der Waals surface area contributed by atoms with Crippen molar-refractivity contribution in [2.45, 2.75) is 111 Å². The molecule has 0 radical (unpaired) electrons. The zero-order chi connectivity index (χ0) is 67.6. The Morgan fingerprint density at radius 3 is 1.07 bits per heavy atom. The fraction of sp³-hybridized carbons (Fsp3) is 0.303. The summed E-state index contributed by atoms with van der Waals surface area (Å²) in [6.45, 7) is 46.6. The van der Waals surface area contributed by atoms with Crippen LogP contribution in [0, 0.1) is 26.2 Å². The molecular formula is C66H94N22Rb8S6. The van der Waals surface area contributed by atoms with Gasteiger partial charge in [0.05, 0.1) is 16.3 Å². The van der Waals surface area contributed by atoms with Gasteiger partial charge in [-0.05, 0) is 118 Å². The van der Waals surface area contributed by atoms with Gasteiger partial charge in [-0.1, -0.05) is 161 Å². The predicted octanol–water partition coefficient (Wildman–Crippen LogP) is -3.23. The number of allylic oxidation sites excluding steroid dienone is 2. The third-order valence-corrected chi connectivity index (χ3v) is 15.0. The Bertz CT molecular complexity index is 3320. The molecule has 36 heteroatoms. The maximum atomic E-state index is 4.42. The van der Waals surface area contributed by atoms with Crippen LogP contribution >= 0.6 is 68.0 Å². The average Bonchev–Trinajstić information content (AvgIpc) is 1.40. The number of aryl methyl sites for hydroxylation is 2. The van der Waals surface area contributed by atoms with E-state index in [1.807, 2.05) is 228 Å². The Kier molecular flexibility index (Phi) is 110. The monoisotopic (exact) mass is 2070 g/mol. The molecule has 0 fully saturated rings. The standard InChI is InChI=1S/2C10H11N3S.2C9H8N3S.2C8H6N3S.6C2H6.4H2N.8Rb/c1-7-10(9-4-5-14-6-9)12-13(3)8(2)11-7;1-7-10(9-5-4-6-14-9)12-13(3)8(2)11-7;1-7-10-5-9(11-12(7)2)8-3-4-13-6-8;1-7-10-6-8(11-12(7)2)9-4-3-5-13-9;1-6-9-4-8(11-10-6)7-2-3-12-5-7;1-6-9-5-7(11-10-6)8-3-2-4-12-8;6*1-2;;;;;;;;;;;;/h2*4-6H,1H2,2-3H3;3-4,6H,1H2,2H3;3-5H,1H2,2H3;2-3,5H,1H3;2-4H,1H3;6*1-2H3;4*1H2;;;;;;;;/q;;4*-1;;;;;;;4*-1;8*+1. The topological polar surface area (TPSA) is 323 Å². The molecule has 4 aliphatic rings. The van der Waals surface area contributed by atoms with Crippen molar-refractivity contribution in [3.05, 3.63) is 222 Å². The molecule has 8 aromatic rings. The van der Waals surface area contributed by atoms with E-state index in [9.17, 15) is 0 Å². The van der Waals surface area contributed by atoms with Gasteiger partial charge < -0.3 is 54.6 Å². The first-order valence-corrected chi connectivity index (χ1v) is 34.6. The number of nitrogens with zero attached hydrogens (tertiary/aromatic N) is 18. The number of thiophene rings is 6. The van der Waals surface area contributed by atoms with Crippen LogP contribution in [0.4, 0.5) is 0 Å². The van der Waals surface area contributed by atoms with Crippen LogP contribution in [-0.4, -0.2) is 126 Å². The summed E-state index contributed by atoms with van der Waals surface area (Å²) in [5, 5.41) is 57.9. The first kappa shape index (κ1) is 134. The van der Waals surface area contributed by atoms with E-state index in [1.54, 1.807) is 102 Å². The summed E-state index contributed by atoms with van der Waals surface area (Å²) >= 11 is 9.78. The number of rotatable bonds is 6. The number of aliphatic imine (C=N–C) groups is 4. The Balaban J connectivity index is -0.0000000904. The molecule has 0 bridgehead atoms. The van der Waals surface area contributed by atoms with Gasteiger partial charge in [-0.3, -0.25) is 10.0 Å². The summed E-state index contributed by atoms with van der Waals surface area (Å²) in [4.78, 5) is 27.8. The van der Waals surface area contributed by atoms with Crippen molar-refractivity contribution in [2.75, 3.05) is 28.2 Å². The molecule has 12 rings (SSSR count). The maximum absolute atomic E-state index is 4.42. The molecule has 0 spiro atoms. The zero-order valence-corrected chi connectivity index (χ0v) is 110. The van der Waals surface area contributed by atoms with Gasteiger partial charge in [0, 0.05) is 73.8 Å². The summed E-state index contributed by atoms with van der Waals surface area (Å²) in [5.41, 5.74) is 9.32. The van der Waals surface area contributed by atoms with Gasteiger partial charge >= 0.3 is 465 Å². The van der Waals surface area contributed by atoms with E-state index in [2.05, 4.69) is 122 Å². The minimum atomic E-state index is 0. The van der Waals surface area contributed by atoms with Crippen LogP contribution in [0.1, 0.15) is 129 Å². The minimum Gasteiger partial charge on any atom is -0.693 e. The number of nitrogens with two attached hydrogens (primary N) is 4. The minimum absolute atomic E-state index is 0. The SMILES string of the molecule is C=C1N=C(C)N(C)N=C1c1cccs1.C=C1N=C(C)N(C)N=C1c1ccsc1.C=C1N=[C-]C(c2cccs2)=NN1C.C=C1N=[C-]C(c2ccsc2)=NN1C.CC.CC.CC.CC.CC.CC.Cc1n[c-]c(-c2cccs2)nn1.Cc1n[c-]c(-c2ccsc2)nn1.[NH2-].[NH2-].[NH2-].[NH2-].[Rb+].[Rb+].[Rb+].[Rb+].[Rb+].[Rb+].[Rb+].[Rb+]. The second-order valence-electron chi connectivity index (χ2n) is 16.0. The summed E-state index contributed by atoms with van der Waals surface area (Å²) < 4.78 is 0. The van der Waals surface area contributed by atoms with Crippen molar-refractivity contribution >= 4 is 115 Å². The first-order valence-electron chi connectivity index (χ1n) is 29.1. The van der Waals surface area contributed by atoms with Gasteiger partial charge in [-0.25, -0.2) is 53.1 Å². The number of hydrogen-bond acceptors (Lipinski definition) is 24. The third kappa shape index (κ3) is 52.0.